The summed E-state index contributed by atoms with van der Waals surface area (Å²) in [6, 6.07) is 8.91. The van der Waals surface area contributed by atoms with E-state index in [0.717, 1.165) is 0 Å². The van der Waals surface area contributed by atoms with Crippen molar-refractivity contribution in [1.29, 1.82) is 5.26 Å². The highest BCUT2D eigenvalue weighted by molar-refractivity contribution is 5.77. The SMILES string of the molecule is CC.CC(C)c1oc2ccccc2c(=O)c1C#N. The first-order valence-electron chi connectivity index (χ1n) is 6.11. The predicted octanol–water partition coefficient (Wildman–Crippen LogP) is 3.81. The van der Waals surface area contributed by atoms with Crippen molar-refractivity contribution in [3.05, 3.63) is 45.8 Å². The number of fused-ring (bicyclic) bond motifs is 1. The Labute approximate surface area is 107 Å². The first-order chi connectivity index (χ1) is 8.65. The quantitative estimate of drug-likeness (QED) is 0.765. The molecule has 1 heterocycles. The molecule has 0 fully saturated rings. The highest BCUT2D eigenvalue weighted by Gasteiger charge is 2.15. The van der Waals surface area contributed by atoms with Gasteiger partial charge in [0.05, 0.1) is 5.39 Å². The average Bonchev–Trinajstić information content (AvgIpc) is 2.41. The number of rotatable bonds is 1. The van der Waals surface area contributed by atoms with Crippen LogP contribution in [0.2, 0.25) is 0 Å². The molecule has 0 atom stereocenters. The van der Waals surface area contributed by atoms with Gasteiger partial charge >= 0.3 is 0 Å². The Hall–Kier alpha value is -2.08. The van der Waals surface area contributed by atoms with Crippen LogP contribution in [0.15, 0.2) is 33.5 Å². The molecular weight excluding hydrogens is 226 g/mol. The fraction of sp³-hybridized carbons (Fsp3) is 0.333. The fourth-order valence-corrected chi connectivity index (χ4v) is 1.67. The lowest BCUT2D eigenvalue weighted by Gasteiger charge is -2.07. The maximum atomic E-state index is 12.0. The van der Waals surface area contributed by atoms with Crippen LogP contribution in [0.5, 0.6) is 0 Å². The Morgan fingerprint density at radius 1 is 1.22 bits per heavy atom. The van der Waals surface area contributed by atoms with E-state index in [0.29, 0.717) is 16.7 Å². The summed E-state index contributed by atoms with van der Waals surface area (Å²) in [6.45, 7) is 7.79. The first kappa shape index (κ1) is 14.0. The van der Waals surface area contributed by atoms with Crippen LogP contribution in [-0.4, -0.2) is 0 Å². The highest BCUT2D eigenvalue weighted by atomic mass is 16.3. The molecule has 0 aliphatic carbocycles. The third-order valence-electron chi connectivity index (χ3n) is 2.46. The van der Waals surface area contributed by atoms with Gasteiger partial charge in [-0.1, -0.05) is 39.8 Å². The van der Waals surface area contributed by atoms with Crippen LogP contribution in [0.1, 0.15) is 44.9 Å². The van der Waals surface area contributed by atoms with Crippen molar-refractivity contribution in [3.63, 3.8) is 0 Å². The standard InChI is InChI=1S/C13H11NO2.C2H6/c1-8(2)13-10(7-14)12(15)9-5-3-4-6-11(9)16-13;1-2/h3-6,8H,1-2H3;1-2H3. The number of nitrogens with zero attached hydrogens (tertiary/aromatic N) is 1. The minimum Gasteiger partial charge on any atom is -0.459 e. The fourth-order valence-electron chi connectivity index (χ4n) is 1.67. The Morgan fingerprint density at radius 2 is 1.83 bits per heavy atom. The predicted molar refractivity (Wildman–Crippen MR) is 72.6 cm³/mol. The molecule has 0 saturated heterocycles. The van der Waals surface area contributed by atoms with Gasteiger partial charge in [0.15, 0.2) is 0 Å². The molecule has 0 N–H and O–H groups in total. The summed E-state index contributed by atoms with van der Waals surface area (Å²) in [4.78, 5) is 12.0. The normalized spacial score (nSPS) is 9.78. The molecule has 3 heteroatoms. The lowest BCUT2D eigenvalue weighted by atomic mass is 10.0. The van der Waals surface area contributed by atoms with Crippen molar-refractivity contribution in [2.45, 2.75) is 33.6 Å². The molecule has 0 radical (unpaired) electrons. The summed E-state index contributed by atoms with van der Waals surface area (Å²) in [5.74, 6) is 0.484. The molecule has 1 aromatic heterocycles. The number of hydrogen-bond donors (Lipinski definition) is 0. The van der Waals surface area contributed by atoms with Crippen molar-refractivity contribution in [3.8, 4) is 6.07 Å². The Morgan fingerprint density at radius 3 is 2.39 bits per heavy atom. The minimum atomic E-state index is -0.243. The van der Waals surface area contributed by atoms with Crippen molar-refractivity contribution in [2.75, 3.05) is 0 Å². The average molecular weight is 243 g/mol. The van der Waals surface area contributed by atoms with Crippen LogP contribution in [0.4, 0.5) is 0 Å². The molecule has 0 spiro atoms. The van der Waals surface area contributed by atoms with Gasteiger partial charge in [-0.25, -0.2) is 0 Å². The van der Waals surface area contributed by atoms with E-state index in [1.165, 1.54) is 0 Å². The van der Waals surface area contributed by atoms with E-state index in [9.17, 15) is 4.79 Å². The van der Waals surface area contributed by atoms with Gasteiger partial charge in [-0.05, 0) is 12.1 Å². The van der Waals surface area contributed by atoms with Crippen LogP contribution in [0, 0.1) is 11.3 Å². The highest BCUT2D eigenvalue weighted by Crippen LogP contribution is 2.21. The zero-order valence-electron chi connectivity index (χ0n) is 11.2. The third kappa shape index (κ3) is 2.43. The molecule has 3 nitrogen and oxygen atoms in total. The molecule has 2 aromatic rings. The maximum absolute atomic E-state index is 12.0. The van der Waals surface area contributed by atoms with E-state index >= 15 is 0 Å². The summed E-state index contributed by atoms with van der Waals surface area (Å²) in [7, 11) is 0. The molecule has 0 aliphatic heterocycles. The molecule has 0 amide bonds. The first-order valence-corrected chi connectivity index (χ1v) is 6.11. The number of benzene rings is 1. The monoisotopic (exact) mass is 243 g/mol. The van der Waals surface area contributed by atoms with Crippen LogP contribution in [0.25, 0.3) is 11.0 Å². The van der Waals surface area contributed by atoms with Gasteiger partial charge in [-0.2, -0.15) is 5.26 Å². The Kier molecular flexibility index (Phi) is 4.67. The van der Waals surface area contributed by atoms with Crippen molar-refractivity contribution in [1.82, 2.24) is 0 Å². The molecular formula is C15H17NO2. The van der Waals surface area contributed by atoms with Crippen LogP contribution < -0.4 is 5.43 Å². The van der Waals surface area contributed by atoms with E-state index in [4.69, 9.17) is 9.68 Å². The second-order valence-corrected chi connectivity index (χ2v) is 3.93. The summed E-state index contributed by atoms with van der Waals surface area (Å²) in [5.41, 5.74) is 0.414. The molecule has 2 rings (SSSR count). The summed E-state index contributed by atoms with van der Waals surface area (Å²) >= 11 is 0. The van der Waals surface area contributed by atoms with Crippen LogP contribution in [-0.2, 0) is 0 Å². The van der Waals surface area contributed by atoms with Gasteiger partial charge in [0.25, 0.3) is 0 Å². The van der Waals surface area contributed by atoms with E-state index in [2.05, 4.69) is 0 Å². The van der Waals surface area contributed by atoms with E-state index in [1.807, 2.05) is 33.8 Å². The van der Waals surface area contributed by atoms with E-state index < -0.39 is 0 Å². The van der Waals surface area contributed by atoms with Gasteiger partial charge in [0.1, 0.15) is 23.0 Å². The van der Waals surface area contributed by atoms with Gasteiger partial charge in [-0.15, -0.1) is 0 Å². The maximum Gasteiger partial charge on any atom is 0.210 e. The smallest absolute Gasteiger partial charge is 0.210 e. The molecule has 0 aliphatic rings. The van der Waals surface area contributed by atoms with Crippen LogP contribution in [0.3, 0.4) is 0 Å². The number of para-hydroxylation sites is 1. The zero-order valence-corrected chi connectivity index (χ0v) is 11.2. The van der Waals surface area contributed by atoms with Gasteiger partial charge in [0, 0.05) is 5.92 Å². The van der Waals surface area contributed by atoms with Crippen molar-refractivity contribution < 1.29 is 4.42 Å². The van der Waals surface area contributed by atoms with E-state index in [-0.39, 0.29) is 16.9 Å². The molecule has 0 unspecified atom stereocenters. The summed E-state index contributed by atoms with van der Waals surface area (Å²) in [5, 5.41) is 9.46. The van der Waals surface area contributed by atoms with Gasteiger partial charge in [-0.3, -0.25) is 4.79 Å². The van der Waals surface area contributed by atoms with Gasteiger partial charge < -0.3 is 4.42 Å². The zero-order chi connectivity index (χ0) is 13.7. The second-order valence-electron chi connectivity index (χ2n) is 3.93. The van der Waals surface area contributed by atoms with Crippen LogP contribution >= 0.6 is 0 Å². The molecule has 94 valence electrons. The lowest BCUT2D eigenvalue weighted by molar-refractivity contribution is 0.506. The summed E-state index contributed by atoms with van der Waals surface area (Å²) in [6.07, 6.45) is 0. The van der Waals surface area contributed by atoms with E-state index in [1.54, 1.807) is 24.3 Å². The Balaban J connectivity index is 0.000000771. The second kappa shape index (κ2) is 6.02. The van der Waals surface area contributed by atoms with Crippen molar-refractivity contribution in [2.24, 2.45) is 0 Å². The van der Waals surface area contributed by atoms with Gasteiger partial charge in [0.2, 0.25) is 5.43 Å². The lowest BCUT2D eigenvalue weighted by Crippen LogP contribution is -2.10. The largest absolute Gasteiger partial charge is 0.459 e. The Bertz CT molecular complexity index is 633. The minimum absolute atomic E-state index is 0.0203. The summed E-state index contributed by atoms with van der Waals surface area (Å²) < 4.78 is 5.60. The topological polar surface area (TPSA) is 54.0 Å². The molecule has 18 heavy (non-hydrogen) atoms. The number of hydrogen-bond acceptors (Lipinski definition) is 3. The third-order valence-corrected chi connectivity index (χ3v) is 2.46. The molecule has 0 saturated carbocycles. The molecule has 0 bridgehead atoms. The number of nitriles is 1. The van der Waals surface area contributed by atoms with Crippen molar-refractivity contribution >= 4 is 11.0 Å². The molecule has 1 aromatic carbocycles.